The van der Waals surface area contributed by atoms with Crippen LogP contribution in [-0.2, 0) is 6.42 Å². The molecule has 0 saturated heterocycles. The Bertz CT molecular complexity index is 783. The van der Waals surface area contributed by atoms with Crippen molar-refractivity contribution in [3.63, 3.8) is 0 Å². The van der Waals surface area contributed by atoms with Crippen molar-refractivity contribution >= 4 is 10.8 Å². The summed E-state index contributed by atoms with van der Waals surface area (Å²) in [5.41, 5.74) is 9.41. The van der Waals surface area contributed by atoms with Gasteiger partial charge < -0.3 is 5.73 Å². The molecule has 0 radical (unpaired) electrons. The Morgan fingerprint density at radius 1 is 1.05 bits per heavy atom. The van der Waals surface area contributed by atoms with Crippen molar-refractivity contribution in [3.8, 4) is 0 Å². The Kier molecular flexibility index (Phi) is 3.67. The summed E-state index contributed by atoms with van der Waals surface area (Å²) in [6, 6.07) is 14.4. The highest BCUT2D eigenvalue weighted by Gasteiger charge is 2.14. The predicted octanol–water partition coefficient (Wildman–Crippen LogP) is 3.92. The highest BCUT2D eigenvalue weighted by molar-refractivity contribution is 5.86. The fourth-order valence-electron chi connectivity index (χ4n) is 2.66. The fraction of sp³-hybridized carbons (Fsp3) is 0.167. The Hall–Kier alpha value is -2.26. The molecule has 0 aliphatic heterocycles. The number of pyridine rings is 1. The maximum atomic E-state index is 13.9. The van der Waals surface area contributed by atoms with Crippen molar-refractivity contribution in [2.45, 2.75) is 19.4 Å². The van der Waals surface area contributed by atoms with Crippen molar-refractivity contribution in [1.82, 2.24) is 4.98 Å². The first-order valence-corrected chi connectivity index (χ1v) is 7.00. The molecule has 0 bridgehead atoms. The number of rotatable bonds is 3. The molecule has 0 aliphatic rings. The van der Waals surface area contributed by atoms with Gasteiger partial charge in [-0.1, -0.05) is 36.4 Å². The van der Waals surface area contributed by atoms with Crippen molar-refractivity contribution in [2.75, 3.05) is 0 Å². The van der Waals surface area contributed by atoms with E-state index in [2.05, 4.69) is 4.98 Å². The molecule has 3 aromatic rings. The smallest absolute Gasteiger partial charge is 0.131 e. The van der Waals surface area contributed by atoms with Gasteiger partial charge in [0.1, 0.15) is 5.82 Å². The van der Waals surface area contributed by atoms with Crippen LogP contribution in [0.4, 0.5) is 4.39 Å². The minimum absolute atomic E-state index is 0.205. The van der Waals surface area contributed by atoms with E-state index in [0.717, 1.165) is 22.2 Å². The zero-order valence-electron chi connectivity index (χ0n) is 11.9. The second-order valence-electron chi connectivity index (χ2n) is 5.26. The van der Waals surface area contributed by atoms with Crippen molar-refractivity contribution in [1.29, 1.82) is 0 Å². The number of hydrogen-bond donors (Lipinski definition) is 1. The van der Waals surface area contributed by atoms with Gasteiger partial charge in [-0.05, 0) is 35.6 Å². The lowest BCUT2D eigenvalue weighted by molar-refractivity contribution is 0.637. The zero-order valence-corrected chi connectivity index (χ0v) is 11.9. The zero-order chi connectivity index (χ0) is 14.8. The summed E-state index contributed by atoms with van der Waals surface area (Å²) in [4.78, 5) is 4.39. The fourth-order valence-corrected chi connectivity index (χ4v) is 2.66. The minimum Gasteiger partial charge on any atom is -0.324 e. The van der Waals surface area contributed by atoms with E-state index in [-0.39, 0.29) is 11.9 Å². The quantitative estimate of drug-likeness (QED) is 0.789. The second-order valence-corrected chi connectivity index (χ2v) is 5.26. The molecule has 2 nitrogen and oxygen atoms in total. The number of halogens is 1. The van der Waals surface area contributed by atoms with Crippen molar-refractivity contribution in [2.24, 2.45) is 5.73 Å². The first kappa shape index (κ1) is 13.7. The summed E-state index contributed by atoms with van der Waals surface area (Å²) >= 11 is 0. The molecule has 0 spiro atoms. The monoisotopic (exact) mass is 280 g/mol. The van der Waals surface area contributed by atoms with E-state index in [0.29, 0.717) is 11.8 Å². The van der Waals surface area contributed by atoms with Gasteiger partial charge in [0, 0.05) is 29.7 Å². The van der Waals surface area contributed by atoms with E-state index in [9.17, 15) is 4.39 Å². The molecular formula is C18H17FN2. The van der Waals surface area contributed by atoms with Gasteiger partial charge in [0.15, 0.2) is 0 Å². The number of fused-ring (bicyclic) bond motifs is 1. The van der Waals surface area contributed by atoms with Crippen molar-refractivity contribution in [3.05, 3.63) is 77.4 Å². The molecule has 0 fully saturated rings. The van der Waals surface area contributed by atoms with Crippen LogP contribution in [0.2, 0.25) is 0 Å². The van der Waals surface area contributed by atoms with E-state index in [1.165, 1.54) is 6.07 Å². The maximum absolute atomic E-state index is 13.9. The summed E-state index contributed by atoms with van der Waals surface area (Å²) in [6.07, 6.45) is 2.42. The third-order valence-electron chi connectivity index (χ3n) is 3.84. The van der Waals surface area contributed by atoms with Gasteiger partial charge in [-0.15, -0.1) is 0 Å². The Labute approximate surface area is 123 Å². The SMILES string of the molecule is Cc1cccnc1CC(N)c1ccc(F)c2ccccc12. The summed E-state index contributed by atoms with van der Waals surface area (Å²) in [7, 11) is 0. The van der Waals surface area contributed by atoms with Gasteiger partial charge in [-0.25, -0.2) is 4.39 Å². The van der Waals surface area contributed by atoms with Crippen molar-refractivity contribution < 1.29 is 4.39 Å². The first-order valence-electron chi connectivity index (χ1n) is 7.00. The van der Waals surface area contributed by atoms with Gasteiger partial charge in [0.25, 0.3) is 0 Å². The molecular weight excluding hydrogens is 263 g/mol. The number of nitrogens with two attached hydrogens (primary N) is 1. The molecule has 3 heteroatoms. The summed E-state index contributed by atoms with van der Waals surface area (Å²) in [5, 5.41) is 1.49. The van der Waals surface area contributed by atoms with E-state index >= 15 is 0 Å². The number of nitrogens with zero attached hydrogens (tertiary/aromatic N) is 1. The minimum atomic E-state index is -0.212. The normalized spacial score (nSPS) is 12.5. The van der Waals surface area contributed by atoms with Crippen LogP contribution >= 0.6 is 0 Å². The van der Waals surface area contributed by atoms with Crippen LogP contribution in [0.5, 0.6) is 0 Å². The van der Waals surface area contributed by atoms with Crippen LogP contribution in [0.15, 0.2) is 54.7 Å². The van der Waals surface area contributed by atoms with Gasteiger partial charge in [0.05, 0.1) is 0 Å². The Morgan fingerprint density at radius 2 is 1.81 bits per heavy atom. The van der Waals surface area contributed by atoms with Crippen LogP contribution in [0, 0.1) is 12.7 Å². The van der Waals surface area contributed by atoms with Crippen LogP contribution in [0.25, 0.3) is 10.8 Å². The Morgan fingerprint density at radius 3 is 2.57 bits per heavy atom. The lowest BCUT2D eigenvalue weighted by Gasteiger charge is -2.16. The summed E-state index contributed by atoms with van der Waals surface area (Å²) < 4.78 is 13.9. The molecule has 1 unspecified atom stereocenters. The highest BCUT2D eigenvalue weighted by atomic mass is 19.1. The average molecular weight is 280 g/mol. The number of hydrogen-bond acceptors (Lipinski definition) is 2. The molecule has 3 rings (SSSR count). The van der Waals surface area contributed by atoms with E-state index in [1.54, 1.807) is 18.3 Å². The van der Waals surface area contributed by atoms with Crippen LogP contribution < -0.4 is 5.73 Å². The van der Waals surface area contributed by atoms with Crippen LogP contribution in [0.3, 0.4) is 0 Å². The molecule has 0 saturated carbocycles. The predicted molar refractivity (Wildman–Crippen MR) is 83.5 cm³/mol. The lowest BCUT2D eigenvalue weighted by atomic mass is 9.95. The molecule has 21 heavy (non-hydrogen) atoms. The van der Waals surface area contributed by atoms with Gasteiger partial charge in [-0.3, -0.25) is 4.98 Å². The number of aromatic nitrogens is 1. The van der Waals surface area contributed by atoms with Gasteiger partial charge >= 0.3 is 0 Å². The van der Waals surface area contributed by atoms with Crippen LogP contribution in [0.1, 0.15) is 22.9 Å². The van der Waals surface area contributed by atoms with Gasteiger partial charge in [0.2, 0.25) is 0 Å². The second kappa shape index (κ2) is 5.62. The highest BCUT2D eigenvalue weighted by Crippen LogP contribution is 2.27. The molecule has 1 heterocycles. The number of benzene rings is 2. The standard InChI is InChI=1S/C18H17FN2/c1-12-5-4-10-21-18(12)11-17(20)15-8-9-16(19)14-7-3-2-6-13(14)15/h2-10,17H,11,20H2,1H3. The maximum Gasteiger partial charge on any atom is 0.131 e. The average Bonchev–Trinajstić information content (AvgIpc) is 2.50. The molecule has 2 N–H and O–H groups in total. The molecule has 0 aliphatic carbocycles. The molecule has 0 amide bonds. The summed E-state index contributed by atoms with van der Waals surface area (Å²) in [5.74, 6) is -0.212. The number of aryl methyl sites for hydroxylation is 1. The van der Waals surface area contributed by atoms with E-state index in [1.807, 2.05) is 37.3 Å². The molecule has 106 valence electrons. The summed E-state index contributed by atoms with van der Waals surface area (Å²) in [6.45, 7) is 2.03. The van der Waals surface area contributed by atoms with E-state index in [4.69, 9.17) is 5.73 Å². The molecule has 1 atom stereocenters. The van der Waals surface area contributed by atoms with Gasteiger partial charge in [-0.2, -0.15) is 0 Å². The largest absolute Gasteiger partial charge is 0.324 e. The van der Waals surface area contributed by atoms with Crippen LogP contribution in [-0.4, -0.2) is 4.98 Å². The first-order chi connectivity index (χ1) is 10.2. The lowest BCUT2D eigenvalue weighted by Crippen LogP contribution is -2.15. The Balaban J connectivity index is 2.01. The third kappa shape index (κ3) is 2.65. The topological polar surface area (TPSA) is 38.9 Å². The third-order valence-corrected chi connectivity index (χ3v) is 3.84. The molecule has 2 aromatic carbocycles. The van der Waals surface area contributed by atoms with E-state index < -0.39 is 0 Å². The molecule has 1 aromatic heterocycles.